The Kier molecular flexibility index (Phi) is 4.42. The van der Waals surface area contributed by atoms with Gasteiger partial charge in [0.2, 0.25) is 10.9 Å². The Hall–Kier alpha value is -2.38. The number of nitrogens with one attached hydrogen (secondary N) is 1. The fourth-order valence-electron chi connectivity index (χ4n) is 2.69. The molecule has 0 fully saturated rings. The van der Waals surface area contributed by atoms with Crippen molar-refractivity contribution in [2.45, 2.75) is 18.1 Å². The highest BCUT2D eigenvalue weighted by Gasteiger charge is 2.15. The lowest BCUT2D eigenvalue weighted by Crippen LogP contribution is -2.28. The summed E-state index contributed by atoms with van der Waals surface area (Å²) in [5, 5.41) is 12.2. The molecular weight excluding hydrogens is 352 g/mol. The molecule has 5 nitrogen and oxygen atoms in total. The van der Waals surface area contributed by atoms with Crippen LogP contribution in [0.15, 0.2) is 59.8 Å². The predicted molar refractivity (Wildman–Crippen MR) is 102 cm³/mol. The van der Waals surface area contributed by atoms with Crippen molar-refractivity contribution in [1.82, 2.24) is 19.9 Å². The van der Waals surface area contributed by atoms with Gasteiger partial charge in [-0.05, 0) is 24.6 Å². The summed E-state index contributed by atoms with van der Waals surface area (Å²) in [5.74, 6) is 0.292. The number of rotatable bonds is 5. The number of nitrogens with zero attached hydrogens (tertiary/aromatic N) is 3. The number of carbonyl (C=O) groups is 1. The second-order valence-corrected chi connectivity index (χ2v) is 7.61. The quantitative estimate of drug-likeness (QED) is 0.543. The second-order valence-electron chi connectivity index (χ2n) is 5.66. The summed E-state index contributed by atoms with van der Waals surface area (Å²) in [5.41, 5.74) is 2.17. The zero-order chi connectivity index (χ0) is 17.2. The number of carbonyl (C=O) groups excluding carboxylic acids is 1. The van der Waals surface area contributed by atoms with Gasteiger partial charge in [-0.2, -0.15) is 0 Å². The van der Waals surface area contributed by atoms with Crippen molar-refractivity contribution in [3.8, 4) is 0 Å². The van der Waals surface area contributed by atoms with E-state index in [0.717, 1.165) is 25.9 Å². The molecule has 0 aliphatic heterocycles. The maximum atomic E-state index is 12.3. The van der Waals surface area contributed by atoms with E-state index in [1.807, 2.05) is 59.9 Å². The van der Waals surface area contributed by atoms with Gasteiger partial charge in [0.1, 0.15) is 0 Å². The molecule has 1 atom stereocenters. The van der Waals surface area contributed by atoms with Gasteiger partial charge in [-0.1, -0.05) is 65.6 Å². The van der Waals surface area contributed by atoms with Gasteiger partial charge in [0.25, 0.3) is 0 Å². The number of aromatic nitrogens is 3. The molecule has 0 bridgehead atoms. The molecule has 0 aliphatic rings. The first-order valence-electron chi connectivity index (χ1n) is 7.92. The van der Waals surface area contributed by atoms with Crippen LogP contribution in [0.2, 0.25) is 0 Å². The smallest absolute Gasteiger partial charge is 0.230 e. The van der Waals surface area contributed by atoms with E-state index < -0.39 is 0 Å². The van der Waals surface area contributed by atoms with E-state index in [1.54, 1.807) is 11.3 Å². The standard InChI is InChI=1S/C18H16N4OS2/c1-12(13-7-3-2-4-8-13)19-16(23)11-24-17-20-21-18-22(17)14-9-5-6-10-15(14)25-18/h2-10,12H,11H2,1H3,(H,19,23). The second kappa shape index (κ2) is 6.85. The molecule has 4 rings (SSSR count). The monoisotopic (exact) mass is 368 g/mol. The summed E-state index contributed by atoms with van der Waals surface area (Å²) in [6, 6.07) is 18.0. The van der Waals surface area contributed by atoms with Gasteiger partial charge in [0.15, 0.2) is 5.16 Å². The molecular formula is C18H16N4OS2. The van der Waals surface area contributed by atoms with Crippen LogP contribution in [0.1, 0.15) is 18.5 Å². The van der Waals surface area contributed by atoms with Crippen molar-refractivity contribution in [3.63, 3.8) is 0 Å². The molecule has 126 valence electrons. The first-order chi connectivity index (χ1) is 12.2. The Labute approximate surface area is 153 Å². The lowest BCUT2D eigenvalue weighted by molar-refractivity contribution is -0.119. The average molecular weight is 368 g/mol. The molecule has 25 heavy (non-hydrogen) atoms. The number of para-hydroxylation sites is 1. The normalized spacial score (nSPS) is 12.5. The van der Waals surface area contributed by atoms with Crippen LogP contribution in [0, 0.1) is 0 Å². The zero-order valence-corrected chi connectivity index (χ0v) is 15.2. The van der Waals surface area contributed by atoms with Crippen molar-refractivity contribution in [2.75, 3.05) is 5.75 Å². The van der Waals surface area contributed by atoms with Gasteiger partial charge in [0, 0.05) is 0 Å². The molecule has 2 heterocycles. The van der Waals surface area contributed by atoms with E-state index in [9.17, 15) is 4.79 Å². The summed E-state index contributed by atoms with van der Waals surface area (Å²) in [4.78, 5) is 13.1. The first kappa shape index (κ1) is 16.1. The summed E-state index contributed by atoms with van der Waals surface area (Å²) >= 11 is 3.01. The minimum atomic E-state index is -0.0188. The van der Waals surface area contributed by atoms with Crippen LogP contribution in [-0.2, 0) is 4.79 Å². The molecule has 0 saturated heterocycles. The van der Waals surface area contributed by atoms with Gasteiger partial charge in [-0.15, -0.1) is 10.2 Å². The topological polar surface area (TPSA) is 59.3 Å². The highest BCUT2D eigenvalue weighted by atomic mass is 32.2. The first-order valence-corrected chi connectivity index (χ1v) is 9.72. The largest absolute Gasteiger partial charge is 0.349 e. The van der Waals surface area contributed by atoms with Gasteiger partial charge in [-0.25, -0.2) is 0 Å². The van der Waals surface area contributed by atoms with Crippen LogP contribution in [0.5, 0.6) is 0 Å². The van der Waals surface area contributed by atoms with Crippen molar-refractivity contribution in [3.05, 3.63) is 60.2 Å². The van der Waals surface area contributed by atoms with E-state index in [1.165, 1.54) is 11.8 Å². The summed E-state index contributed by atoms with van der Waals surface area (Å²) in [7, 11) is 0. The minimum Gasteiger partial charge on any atom is -0.349 e. The highest BCUT2D eigenvalue weighted by molar-refractivity contribution is 7.99. The zero-order valence-electron chi connectivity index (χ0n) is 13.5. The summed E-state index contributed by atoms with van der Waals surface area (Å²) in [6.45, 7) is 1.99. The molecule has 2 aromatic heterocycles. The molecule has 0 aliphatic carbocycles. The van der Waals surface area contributed by atoms with Crippen LogP contribution in [0.3, 0.4) is 0 Å². The number of fused-ring (bicyclic) bond motifs is 3. The molecule has 0 saturated carbocycles. The average Bonchev–Trinajstić information content (AvgIpc) is 3.20. The number of hydrogen-bond donors (Lipinski definition) is 1. The lowest BCUT2D eigenvalue weighted by Gasteiger charge is -2.13. The van der Waals surface area contributed by atoms with E-state index in [-0.39, 0.29) is 11.9 Å². The highest BCUT2D eigenvalue weighted by Crippen LogP contribution is 2.29. The third kappa shape index (κ3) is 3.25. The fourth-order valence-corrected chi connectivity index (χ4v) is 4.47. The Morgan fingerprint density at radius 2 is 1.92 bits per heavy atom. The molecule has 1 unspecified atom stereocenters. The molecule has 1 N–H and O–H groups in total. The maximum absolute atomic E-state index is 12.3. The third-order valence-corrected chi connectivity index (χ3v) is 5.86. The summed E-state index contributed by atoms with van der Waals surface area (Å²) in [6.07, 6.45) is 0. The fraction of sp³-hybridized carbons (Fsp3) is 0.167. The molecule has 0 radical (unpaired) electrons. The van der Waals surface area contributed by atoms with Crippen molar-refractivity contribution >= 4 is 44.2 Å². The molecule has 7 heteroatoms. The number of benzene rings is 2. The maximum Gasteiger partial charge on any atom is 0.230 e. The van der Waals surface area contributed by atoms with E-state index in [0.29, 0.717) is 5.75 Å². The van der Waals surface area contributed by atoms with Crippen LogP contribution in [0.4, 0.5) is 0 Å². The van der Waals surface area contributed by atoms with E-state index >= 15 is 0 Å². The Morgan fingerprint density at radius 3 is 2.76 bits per heavy atom. The Morgan fingerprint density at radius 1 is 1.16 bits per heavy atom. The number of hydrogen-bond acceptors (Lipinski definition) is 5. The lowest BCUT2D eigenvalue weighted by atomic mass is 10.1. The molecule has 1 amide bonds. The van der Waals surface area contributed by atoms with Gasteiger partial charge >= 0.3 is 0 Å². The van der Waals surface area contributed by atoms with E-state index in [4.69, 9.17) is 0 Å². The molecule has 4 aromatic rings. The summed E-state index contributed by atoms with van der Waals surface area (Å²) < 4.78 is 3.18. The number of thiazole rings is 1. The van der Waals surface area contributed by atoms with Crippen LogP contribution in [-0.4, -0.2) is 26.3 Å². The number of amides is 1. The van der Waals surface area contributed by atoms with Gasteiger partial charge in [0.05, 0.1) is 22.0 Å². The molecule has 2 aromatic carbocycles. The van der Waals surface area contributed by atoms with Crippen LogP contribution >= 0.6 is 23.1 Å². The van der Waals surface area contributed by atoms with Crippen LogP contribution in [0.25, 0.3) is 15.2 Å². The van der Waals surface area contributed by atoms with Crippen molar-refractivity contribution in [2.24, 2.45) is 0 Å². The number of thioether (sulfide) groups is 1. The third-order valence-electron chi connectivity index (χ3n) is 3.92. The minimum absolute atomic E-state index is 0.0161. The molecule has 0 spiro atoms. The Balaban J connectivity index is 1.46. The van der Waals surface area contributed by atoms with Crippen molar-refractivity contribution < 1.29 is 4.79 Å². The van der Waals surface area contributed by atoms with Gasteiger partial charge in [-0.3, -0.25) is 9.20 Å². The van der Waals surface area contributed by atoms with Crippen LogP contribution < -0.4 is 5.32 Å². The van der Waals surface area contributed by atoms with Gasteiger partial charge < -0.3 is 5.32 Å². The van der Waals surface area contributed by atoms with E-state index in [2.05, 4.69) is 21.6 Å². The Bertz CT molecular complexity index is 1030. The predicted octanol–water partition coefficient (Wildman–Crippen LogP) is 3.91. The SMILES string of the molecule is CC(NC(=O)CSc1nnc2sc3ccccc3n12)c1ccccc1. The van der Waals surface area contributed by atoms with Crippen molar-refractivity contribution in [1.29, 1.82) is 0 Å².